The molecular formula is C11H10Cl2N4O4S2. The van der Waals surface area contributed by atoms with Crippen LogP contribution in [0.5, 0.6) is 5.88 Å². The number of anilines is 1. The summed E-state index contributed by atoms with van der Waals surface area (Å²) in [5.41, 5.74) is 0.431. The number of nitrogens with zero attached hydrogens (tertiary/aromatic N) is 2. The summed E-state index contributed by atoms with van der Waals surface area (Å²) in [4.78, 5) is 19.2. The minimum absolute atomic E-state index is 0.0201. The minimum atomic E-state index is -4.13. The van der Waals surface area contributed by atoms with Crippen molar-refractivity contribution in [1.29, 1.82) is 0 Å². The highest BCUT2D eigenvalue weighted by atomic mass is 35.5. The molecule has 2 rings (SSSR count). The molecule has 0 aliphatic carbocycles. The number of urea groups is 1. The van der Waals surface area contributed by atoms with Gasteiger partial charge in [0.25, 0.3) is 10.0 Å². The molecule has 2 aromatic rings. The van der Waals surface area contributed by atoms with Gasteiger partial charge in [0.15, 0.2) is 0 Å². The highest BCUT2D eigenvalue weighted by Gasteiger charge is 2.25. The zero-order valence-electron chi connectivity index (χ0n) is 11.8. The van der Waals surface area contributed by atoms with Gasteiger partial charge in [0.05, 0.1) is 7.11 Å². The molecule has 0 saturated carbocycles. The third kappa shape index (κ3) is 4.22. The third-order valence-electron chi connectivity index (χ3n) is 2.48. The van der Waals surface area contributed by atoms with E-state index in [0.29, 0.717) is 5.56 Å². The van der Waals surface area contributed by atoms with Gasteiger partial charge in [0.2, 0.25) is 11.8 Å². The van der Waals surface area contributed by atoms with Crippen LogP contribution in [-0.4, -0.2) is 31.5 Å². The molecule has 0 aliphatic rings. The Balaban J connectivity index is 2.18. The van der Waals surface area contributed by atoms with Gasteiger partial charge >= 0.3 is 6.03 Å². The van der Waals surface area contributed by atoms with Gasteiger partial charge in [-0.1, -0.05) is 23.2 Å². The lowest BCUT2D eigenvalue weighted by Gasteiger charge is -2.09. The second-order valence-electron chi connectivity index (χ2n) is 4.14. The number of aryl methyl sites for hydroxylation is 1. The molecular weight excluding hydrogens is 387 g/mol. The number of methoxy groups -OCH3 is 1. The molecule has 23 heavy (non-hydrogen) atoms. The molecule has 0 unspecified atom stereocenters. The van der Waals surface area contributed by atoms with Crippen molar-refractivity contribution in [1.82, 2.24) is 14.7 Å². The van der Waals surface area contributed by atoms with Crippen LogP contribution in [-0.2, 0) is 10.0 Å². The Morgan fingerprint density at radius 1 is 1.35 bits per heavy atom. The predicted octanol–water partition coefficient (Wildman–Crippen LogP) is 2.67. The van der Waals surface area contributed by atoms with E-state index in [1.807, 2.05) is 4.72 Å². The molecule has 0 bridgehead atoms. The van der Waals surface area contributed by atoms with E-state index in [1.165, 1.54) is 13.2 Å². The van der Waals surface area contributed by atoms with Crippen LogP contribution in [0.15, 0.2) is 16.3 Å². The van der Waals surface area contributed by atoms with Crippen LogP contribution in [0.4, 0.5) is 10.7 Å². The summed E-state index contributed by atoms with van der Waals surface area (Å²) >= 11 is 12.6. The lowest BCUT2D eigenvalue weighted by Crippen LogP contribution is -2.35. The second kappa shape index (κ2) is 6.87. The molecule has 0 atom stereocenters. The van der Waals surface area contributed by atoms with Crippen LogP contribution in [0.3, 0.4) is 0 Å². The topological polar surface area (TPSA) is 110 Å². The monoisotopic (exact) mass is 396 g/mol. The number of thiophene rings is 1. The maximum absolute atomic E-state index is 12.2. The van der Waals surface area contributed by atoms with E-state index in [-0.39, 0.29) is 26.2 Å². The van der Waals surface area contributed by atoms with Gasteiger partial charge < -0.3 is 4.74 Å². The number of carbonyl (C=O) groups excluding carboxylic acids is 1. The zero-order valence-corrected chi connectivity index (χ0v) is 14.9. The average molecular weight is 397 g/mol. The quantitative estimate of drug-likeness (QED) is 0.768. The molecule has 2 amide bonds. The van der Waals surface area contributed by atoms with Crippen LogP contribution in [0.25, 0.3) is 0 Å². The second-order valence-corrected chi connectivity index (χ2v) is 7.63. The van der Waals surface area contributed by atoms with E-state index in [1.54, 1.807) is 12.3 Å². The largest absolute Gasteiger partial charge is 0.481 e. The van der Waals surface area contributed by atoms with E-state index in [4.69, 9.17) is 27.9 Å². The molecule has 0 aliphatic heterocycles. The van der Waals surface area contributed by atoms with Crippen molar-refractivity contribution < 1.29 is 17.9 Å². The first-order chi connectivity index (χ1) is 10.7. The SMILES string of the molecule is COc1cc(Cl)nc(NC(=O)NS(=O)(=O)c2c(C)csc2Cl)n1. The molecule has 0 saturated heterocycles. The summed E-state index contributed by atoms with van der Waals surface area (Å²) in [6.45, 7) is 1.57. The van der Waals surface area contributed by atoms with Gasteiger partial charge in [-0.05, 0) is 17.9 Å². The lowest BCUT2D eigenvalue weighted by atomic mass is 10.4. The first-order valence-corrected chi connectivity index (χ1v) is 9.01. The van der Waals surface area contributed by atoms with Gasteiger partial charge in [0, 0.05) is 6.07 Å². The average Bonchev–Trinajstić information content (AvgIpc) is 2.77. The van der Waals surface area contributed by atoms with Gasteiger partial charge in [-0.25, -0.2) is 22.9 Å². The number of sulfonamides is 1. The number of halogens is 2. The summed E-state index contributed by atoms with van der Waals surface area (Å²) < 4.78 is 31.1. The van der Waals surface area contributed by atoms with Crippen LogP contribution in [0.2, 0.25) is 9.49 Å². The zero-order chi connectivity index (χ0) is 17.2. The maximum Gasteiger partial charge on any atom is 0.335 e. The van der Waals surface area contributed by atoms with Crippen LogP contribution in [0, 0.1) is 6.92 Å². The summed E-state index contributed by atoms with van der Waals surface area (Å²) in [5, 5.41) is 3.75. The molecule has 0 aromatic carbocycles. The summed E-state index contributed by atoms with van der Waals surface area (Å²) in [6, 6.07) is 0.270. The fourth-order valence-corrected chi connectivity index (χ4v) is 4.64. The number of carbonyl (C=O) groups is 1. The van der Waals surface area contributed by atoms with Gasteiger partial charge in [0.1, 0.15) is 14.4 Å². The van der Waals surface area contributed by atoms with Gasteiger partial charge in [-0.15, -0.1) is 11.3 Å². The Morgan fingerprint density at radius 2 is 2.04 bits per heavy atom. The van der Waals surface area contributed by atoms with Gasteiger partial charge in [-0.2, -0.15) is 4.98 Å². The number of amides is 2. The summed E-state index contributed by atoms with van der Waals surface area (Å²) in [6.07, 6.45) is 0. The minimum Gasteiger partial charge on any atom is -0.481 e. The van der Waals surface area contributed by atoms with Crippen molar-refractivity contribution in [2.24, 2.45) is 0 Å². The van der Waals surface area contributed by atoms with E-state index in [2.05, 4.69) is 15.3 Å². The van der Waals surface area contributed by atoms with E-state index in [9.17, 15) is 13.2 Å². The fourth-order valence-electron chi connectivity index (χ4n) is 1.58. The highest BCUT2D eigenvalue weighted by Crippen LogP contribution is 2.31. The number of hydrogen-bond donors (Lipinski definition) is 2. The van der Waals surface area contributed by atoms with Crippen molar-refractivity contribution in [2.75, 3.05) is 12.4 Å². The first kappa shape index (κ1) is 17.7. The van der Waals surface area contributed by atoms with Crippen molar-refractivity contribution in [2.45, 2.75) is 11.8 Å². The molecule has 0 radical (unpaired) electrons. The molecule has 0 fully saturated rings. The Bertz CT molecular complexity index is 834. The van der Waals surface area contributed by atoms with Gasteiger partial charge in [-0.3, -0.25) is 5.32 Å². The Labute approximate surface area is 145 Å². The van der Waals surface area contributed by atoms with Crippen LogP contribution >= 0.6 is 34.5 Å². The molecule has 8 nitrogen and oxygen atoms in total. The molecule has 0 spiro atoms. The maximum atomic E-state index is 12.2. The van der Waals surface area contributed by atoms with E-state index < -0.39 is 16.1 Å². The van der Waals surface area contributed by atoms with Crippen LogP contribution in [0.1, 0.15) is 5.56 Å². The van der Waals surface area contributed by atoms with Crippen molar-refractivity contribution in [3.8, 4) is 5.88 Å². The standard InChI is InChI=1S/C11H10Cl2N4O4S2/c1-5-4-22-9(13)8(5)23(19,20)17-11(18)16-10-14-6(12)3-7(15-10)21-2/h3-4H,1-2H3,(H2,14,15,16,17,18). The Kier molecular flexibility index (Phi) is 5.30. The number of nitrogens with one attached hydrogen (secondary N) is 2. The van der Waals surface area contributed by atoms with Crippen LogP contribution < -0.4 is 14.8 Å². The number of rotatable bonds is 4. The summed E-state index contributed by atoms with van der Waals surface area (Å²) in [5.74, 6) is -0.102. The molecule has 2 aromatic heterocycles. The van der Waals surface area contributed by atoms with Crippen molar-refractivity contribution in [3.63, 3.8) is 0 Å². The third-order valence-corrected chi connectivity index (χ3v) is 5.77. The molecule has 2 N–H and O–H groups in total. The highest BCUT2D eigenvalue weighted by molar-refractivity contribution is 7.90. The van der Waals surface area contributed by atoms with E-state index >= 15 is 0 Å². The Morgan fingerprint density at radius 3 is 2.61 bits per heavy atom. The first-order valence-electron chi connectivity index (χ1n) is 5.89. The number of ether oxygens (including phenoxy) is 1. The lowest BCUT2D eigenvalue weighted by molar-refractivity contribution is 0.256. The predicted molar refractivity (Wildman–Crippen MR) is 87.0 cm³/mol. The molecule has 124 valence electrons. The summed E-state index contributed by atoms with van der Waals surface area (Å²) in [7, 11) is -2.77. The fraction of sp³-hybridized carbons (Fsp3) is 0.182. The smallest absolute Gasteiger partial charge is 0.335 e. The molecule has 2 heterocycles. The molecule has 12 heteroatoms. The normalized spacial score (nSPS) is 11.1. The van der Waals surface area contributed by atoms with Crippen molar-refractivity contribution in [3.05, 3.63) is 26.5 Å². The Hall–Kier alpha value is -1.62. The van der Waals surface area contributed by atoms with E-state index in [0.717, 1.165) is 11.3 Å². The number of aromatic nitrogens is 2. The van der Waals surface area contributed by atoms with Crippen molar-refractivity contribution >= 4 is 56.5 Å². The number of hydrogen-bond acceptors (Lipinski definition) is 7.